The Morgan fingerprint density at radius 3 is 2.78 bits per heavy atom. The predicted octanol–water partition coefficient (Wildman–Crippen LogP) is 2.45. The molecule has 1 fully saturated rings. The van der Waals surface area contributed by atoms with Crippen molar-refractivity contribution in [2.75, 3.05) is 32.1 Å². The van der Waals surface area contributed by atoms with Gasteiger partial charge in [-0.25, -0.2) is 9.78 Å². The number of urea groups is 1. The maximum Gasteiger partial charge on any atom is 0.317 e. The summed E-state index contributed by atoms with van der Waals surface area (Å²) in [6.45, 7) is 3.06. The molecule has 1 aliphatic heterocycles. The Hall–Kier alpha value is -2.61. The average Bonchev–Trinajstić information content (AvgIpc) is 3.24. The monoisotopic (exact) mass is 388 g/mol. The van der Waals surface area contributed by atoms with Gasteiger partial charge in [0.2, 0.25) is 5.91 Å². The van der Waals surface area contributed by atoms with Crippen molar-refractivity contribution in [1.29, 1.82) is 0 Å². The van der Waals surface area contributed by atoms with E-state index in [1.165, 1.54) is 4.88 Å². The van der Waals surface area contributed by atoms with Crippen LogP contribution in [0, 0.1) is 6.92 Å². The summed E-state index contributed by atoms with van der Waals surface area (Å²) < 4.78 is 5.15. The van der Waals surface area contributed by atoms with Gasteiger partial charge in [0.25, 0.3) is 0 Å². The Morgan fingerprint density at radius 1 is 1.41 bits per heavy atom. The van der Waals surface area contributed by atoms with Crippen LogP contribution < -0.4 is 15.0 Å². The molecule has 1 aromatic heterocycles. The maximum atomic E-state index is 12.4. The molecule has 0 bridgehead atoms. The normalized spacial score (nSPS) is 16.5. The van der Waals surface area contributed by atoms with Gasteiger partial charge in [0.05, 0.1) is 24.4 Å². The molecule has 27 heavy (non-hydrogen) atoms. The summed E-state index contributed by atoms with van der Waals surface area (Å²) in [4.78, 5) is 33.5. The molecule has 2 aromatic rings. The van der Waals surface area contributed by atoms with Crippen LogP contribution in [0.5, 0.6) is 5.75 Å². The van der Waals surface area contributed by atoms with Gasteiger partial charge < -0.3 is 19.9 Å². The van der Waals surface area contributed by atoms with E-state index in [2.05, 4.69) is 10.3 Å². The van der Waals surface area contributed by atoms with Crippen molar-refractivity contribution in [1.82, 2.24) is 15.2 Å². The molecule has 0 saturated carbocycles. The zero-order valence-electron chi connectivity index (χ0n) is 15.8. The van der Waals surface area contributed by atoms with E-state index in [9.17, 15) is 9.59 Å². The lowest BCUT2D eigenvalue weighted by Gasteiger charge is -2.21. The largest absolute Gasteiger partial charge is 0.497 e. The summed E-state index contributed by atoms with van der Waals surface area (Å²) >= 11 is 1.61. The van der Waals surface area contributed by atoms with Gasteiger partial charge in [-0.1, -0.05) is 0 Å². The number of anilines is 1. The number of amides is 3. The van der Waals surface area contributed by atoms with Gasteiger partial charge in [0, 0.05) is 43.5 Å². The fourth-order valence-corrected chi connectivity index (χ4v) is 3.81. The van der Waals surface area contributed by atoms with Crippen LogP contribution in [0.25, 0.3) is 0 Å². The van der Waals surface area contributed by atoms with Crippen LogP contribution in [0.4, 0.5) is 10.5 Å². The number of hydrogen-bond acceptors (Lipinski definition) is 5. The van der Waals surface area contributed by atoms with Crippen LogP contribution >= 0.6 is 11.3 Å². The number of aryl methyl sites for hydroxylation is 1. The van der Waals surface area contributed by atoms with Gasteiger partial charge in [-0.3, -0.25) is 4.79 Å². The van der Waals surface area contributed by atoms with Gasteiger partial charge >= 0.3 is 6.03 Å². The lowest BCUT2D eigenvalue weighted by molar-refractivity contribution is -0.117. The molecule has 1 N–H and O–H groups in total. The van der Waals surface area contributed by atoms with E-state index in [0.717, 1.165) is 23.6 Å². The molecule has 1 saturated heterocycles. The molecule has 3 amide bonds. The molecule has 7 nitrogen and oxygen atoms in total. The first-order valence-electron chi connectivity index (χ1n) is 8.83. The molecule has 0 radical (unpaired) electrons. The highest BCUT2D eigenvalue weighted by atomic mass is 32.1. The topological polar surface area (TPSA) is 74.8 Å². The first kappa shape index (κ1) is 19.2. The second-order valence-electron chi connectivity index (χ2n) is 6.59. The molecule has 0 aliphatic carbocycles. The number of benzene rings is 1. The zero-order chi connectivity index (χ0) is 19.4. The molecule has 1 aromatic carbocycles. The van der Waals surface area contributed by atoms with Crippen LogP contribution in [0.1, 0.15) is 17.0 Å². The second kappa shape index (κ2) is 8.39. The maximum absolute atomic E-state index is 12.4. The number of likely N-dealkylation sites (N-methyl/N-ethyl adjacent to an activating group) is 1. The molecule has 0 unspecified atom stereocenters. The van der Waals surface area contributed by atoms with Crippen LogP contribution in [0.3, 0.4) is 0 Å². The van der Waals surface area contributed by atoms with Crippen LogP contribution in [-0.4, -0.2) is 55.1 Å². The van der Waals surface area contributed by atoms with Crippen LogP contribution in [-0.2, 0) is 11.2 Å². The molecular formula is C19H24N4O3S. The predicted molar refractivity (Wildman–Crippen MR) is 105 cm³/mol. The number of carbonyl (C=O) groups is 2. The lowest BCUT2D eigenvalue weighted by atomic mass is 10.2. The summed E-state index contributed by atoms with van der Waals surface area (Å²) in [7, 11) is 3.37. The number of thiazole rings is 1. The molecule has 2 heterocycles. The summed E-state index contributed by atoms with van der Waals surface area (Å²) in [5.41, 5.74) is 3.65. The van der Waals surface area contributed by atoms with Crippen molar-refractivity contribution < 1.29 is 14.3 Å². The highest BCUT2D eigenvalue weighted by Crippen LogP contribution is 2.24. The lowest BCUT2D eigenvalue weighted by Crippen LogP contribution is -2.44. The first-order chi connectivity index (χ1) is 13.0. The second-order valence-corrected chi connectivity index (χ2v) is 7.52. The highest BCUT2D eigenvalue weighted by Gasteiger charge is 2.32. The van der Waals surface area contributed by atoms with Gasteiger partial charge in [0.15, 0.2) is 0 Å². The third kappa shape index (κ3) is 4.57. The number of methoxy groups -OCH3 is 1. The molecule has 3 rings (SSSR count). The molecule has 8 heteroatoms. The molecular weight excluding hydrogens is 364 g/mol. The van der Waals surface area contributed by atoms with Crippen molar-refractivity contribution in [3.63, 3.8) is 0 Å². The Kier molecular flexibility index (Phi) is 5.95. The minimum Gasteiger partial charge on any atom is -0.497 e. The SMILES string of the molecule is COc1ccc(N2C[C@@H](NC(=O)N(C)CCc3scnc3C)CC2=O)cc1. The number of aromatic nitrogens is 1. The number of carbonyl (C=O) groups excluding carboxylic acids is 2. The summed E-state index contributed by atoms with van der Waals surface area (Å²) in [6, 6.07) is 6.99. The highest BCUT2D eigenvalue weighted by molar-refractivity contribution is 7.09. The standard InChI is InChI=1S/C19H24N4O3S/c1-13-17(27-12-20-13)8-9-22(2)19(25)21-14-10-18(24)23(11-14)15-4-6-16(26-3)7-5-15/h4-7,12,14H,8-11H2,1-3H3,(H,21,25)/t14-/m0/s1. The van der Waals surface area contributed by atoms with E-state index < -0.39 is 0 Å². The fourth-order valence-electron chi connectivity index (χ4n) is 3.04. The third-order valence-corrected chi connectivity index (χ3v) is 5.70. The van der Waals surface area contributed by atoms with E-state index in [1.54, 1.807) is 35.3 Å². The van der Waals surface area contributed by atoms with Gasteiger partial charge in [0.1, 0.15) is 5.75 Å². The molecule has 144 valence electrons. The van der Waals surface area contributed by atoms with Crippen molar-refractivity contribution in [2.24, 2.45) is 0 Å². The zero-order valence-corrected chi connectivity index (χ0v) is 16.6. The smallest absolute Gasteiger partial charge is 0.317 e. The Labute approximate surface area is 162 Å². The summed E-state index contributed by atoms with van der Waals surface area (Å²) in [5.74, 6) is 0.751. The van der Waals surface area contributed by atoms with Crippen molar-refractivity contribution in [2.45, 2.75) is 25.8 Å². The first-order valence-corrected chi connectivity index (χ1v) is 9.71. The summed E-state index contributed by atoms with van der Waals surface area (Å²) in [6.07, 6.45) is 1.08. The number of nitrogens with one attached hydrogen (secondary N) is 1. The van der Waals surface area contributed by atoms with E-state index in [1.807, 2.05) is 36.7 Å². The van der Waals surface area contributed by atoms with Crippen LogP contribution in [0.2, 0.25) is 0 Å². The number of ether oxygens (including phenoxy) is 1. The fraction of sp³-hybridized carbons (Fsp3) is 0.421. The van der Waals surface area contributed by atoms with Crippen LogP contribution in [0.15, 0.2) is 29.8 Å². The molecule has 1 aliphatic rings. The number of rotatable bonds is 6. The van der Waals surface area contributed by atoms with E-state index >= 15 is 0 Å². The molecule has 1 atom stereocenters. The van der Waals surface area contributed by atoms with E-state index in [4.69, 9.17) is 4.74 Å². The minimum absolute atomic E-state index is 0.00778. The van der Waals surface area contributed by atoms with Crippen molar-refractivity contribution in [3.8, 4) is 5.75 Å². The Bertz CT molecular complexity index is 806. The third-order valence-electron chi connectivity index (χ3n) is 4.70. The average molecular weight is 388 g/mol. The Morgan fingerprint density at radius 2 is 2.15 bits per heavy atom. The van der Waals surface area contributed by atoms with Crippen molar-refractivity contribution >= 4 is 29.0 Å². The quantitative estimate of drug-likeness (QED) is 0.825. The van der Waals surface area contributed by atoms with Gasteiger partial charge in [-0.2, -0.15) is 0 Å². The number of nitrogens with zero attached hydrogens (tertiary/aromatic N) is 3. The van der Waals surface area contributed by atoms with Gasteiger partial charge in [-0.05, 0) is 31.2 Å². The van der Waals surface area contributed by atoms with E-state index in [-0.39, 0.29) is 18.0 Å². The van der Waals surface area contributed by atoms with Crippen molar-refractivity contribution in [3.05, 3.63) is 40.3 Å². The van der Waals surface area contributed by atoms with E-state index in [0.29, 0.717) is 19.5 Å². The Balaban J connectivity index is 1.52. The number of hydrogen-bond donors (Lipinski definition) is 1. The minimum atomic E-state index is -0.195. The summed E-state index contributed by atoms with van der Waals surface area (Å²) in [5, 5.41) is 2.96. The van der Waals surface area contributed by atoms with Gasteiger partial charge in [-0.15, -0.1) is 11.3 Å². The molecule has 0 spiro atoms.